The molecule has 2 amide bonds. The fraction of sp³-hybridized carbons (Fsp3) is 0.207. The standard InChI is InChI=1S/C29H25F3N4O4/c1-39-21-7-3-4-17(13-21)8-10-23-25(27(37)40-15-18-5-2-6-20(12-18)29(30,31)32)26(36-28(38)35-23)19-9-11-22-24(14-19)34-16-33-22/h2-7,9,11-14,16,26H,8,10,15H2,1H3,(H,33,34)(H2,35,36,38). The van der Waals surface area contributed by atoms with Gasteiger partial charge in [0.15, 0.2) is 0 Å². The first-order chi connectivity index (χ1) is 19.2. The molecule has 3 aromatic carbocycles. The van der Waals surface area contributed by atoms with E-state index in [0.717, 1.165) is 23.2 Å². The van der Waals surface area contributed by atoms with Crippen molar-refractivity contribution in [2.45, 2.75) is 31.7 Å². The number of halogens is 3. The number of urea groups is 1. The zero-order valence-corrected chi connectivity index (χ0v) is 21.3. The molecule has 1 unspecified atom stereocenters. The molecule has 40 heavy (non-hydrogen) atoms. The molecule has 5 rings (SSSR count). The molecule has 0 fully saturated rings. The third-order valence-electron chi connectivity index (χ3n) is 6.57. The number of ether oxygens (including phenoxy) is 2. The highest BCUT2D eigenvalue weighted by atomic mass is 19.4. The Morgan fingerprint density at radius 3 is 2.60 bits per heavy atom. The molecule has 0 bridgehead atoms. The van der Waals surface area contributed by atoms with Gasteiger partial charge in [-0.25, -0.2) is 14.6 Å². The van der Waals surface area contributed by atoms with E-state index in [1.807, 2.05) is 24.3 Å². The second-order valence-corrected chi connectivity index (χ2v) is 9.23. The van der Waals surface area contributed by atoms with Crippen LogP contribution in [-0.2, 0) is 28.7 Å². The Morgan fingerprint density at radius 2 is 1.80 bits per heavy atom. The van der Waals surface area contributed by atoms with E-state index in [1.165, 1.54) is 18.5 Å². The molecule has 1 aliphatic heterocycles. The van der Waals surface area contributed by atoms with Crippen molar-refractivity contribution in [1.29, 1.82) is 0 Å². The average molecular weight is 551 g/mol. The van der Waals surface area contributed by atoms with Gasteiger partial charge in [0.1, 0.15) is 12.4 Å². The van der Waals surface area contributed by atoms with E-state index in [-0.39, 0.29) is 24.2 Å². The molecule has 0 saturated carbocycles. The summed E-state index contributed by atoms with van der Waals surface area (Å²) >= 11 is 0. The van der Waals surface area contributed by atoms with Crippen molar-refractivity contribution >= 4 is 23.0 Å². The second kappa shape index (κ2) is 11.1. The Labute approximate surface area is 227 Å². The van der Waals surface area contributed by atoms with E-state index < -0.39 is 29.8 Å². The fourth-order valence-electron chi connectivity index (χ4n) is 4.60. The Hall–Kier alpha value is -4.80. The Morgan fingerprint density at radius 1 is 1.00 bits per heavy atom. The van der Waals surface area contributed by atoms with E-state index in [1.54, 1.807) is 25.3 Å². The minimum atomic E-state index is -4.52. The van der Waals surface area contributed by atoms with Crippen LogP contribution in [0.4, 0.5) is 18.0 Å². The smallest absolute Gasteiger partial charge is 0.416 e. The third-order valence-corrected chi connectivity index (χ3v) is 6.57. The molecule has 1 atom stereocenters. The molecule has 8 nitrogen and oxygen atoms in total. The lowest BCUT2D eigenvalue weighted by Crippen LogP contribution is -2.46. The minimum absolute atomic E-state index is 0.157. The lowest BCUT2D eigenvalue weighted by molar-refractivity contribution is -0.140. The van der Waals surface area contributed by atoms with E-state index >= 15 is 0 Å². The number of carbonyl (C=O) groups is 2. The van der Waals surface area contributed by atoms with Gasteiger partial charge < -0.3 is 25.1 Å². The summed E-state index contributed by atoms with van der Waals surface area (Å²) in [6, 6.07) is 15.9. The van der Waals surface area contributed by atoms with Gasteiger partial charge in [0, 0.05) is 5.70 Å². The summed E-state index contributed by atoms with van der Waals surface area (Å²) in [6.07, 6.45) is -2.23. The minimum Gasteiger partial charge on any atom is -0.497 e. The maximum atomic E-state index is 13.5. The zero-order chi connectivity index (χ0) is 28.3. The number of amides is 2. The Balaban J connectivity index is 1.47. The van der Waals surface area contributed by atoms with Crippen LogP contribution in [0.1, 0.15) is 34.7 Å². The monoisotopic (exact) mass is 550 g/mol. The molecular formula is C29H25F3N4O4. The van der Waals surface area contributed by atoms with Gasteiger partial charge in [-0.15, -0.1) is 0 Å². The number of hydrogen-bond acceptors (Lipinski definition) is 5. The van der Waals surface area contributed by atoms with Crippen LogP contribution in [0.15, 0.2) is 84.3 Å². The normalized spacial score (nSPS) is 15.5. The molecule has 1 aromatic heterocycles. The molecule has 0 saturated heterocycles. The van der Waals surface area contributed by atoms with Crippen molar-refractivity contribution in [2.75, 3.05) is 7.11 Å². The van der Waals surface area contributed by atoms with Crippen LogP contribution in [0.3, 0.4) is 0 Å². The Bertz CT molecular complexity index is 1600. The summed E-state index contributed by atoms with van der Waals surface area (Å²) in [5.41, 5.74) is 2.79. The summed E-state index contributed by atoms with van der Waals surface area (Å²) in [7, 11) is 1.56. The maximum absolute atomic E-state index is 13.5. The van der Waals surface area contributed by atoms with Crippen LogP contribution in [-0.4, -0.2) is 29.1 Å². The first-order valence-electron chi connectivity index (χ1n) is 12.4. The summed E-state index contributed by atoms with van der Waals surface area (Å²) < 4.78 is 50.3. The Kier molecular flexibility index (Phi) is 7.45. The van der Waals surface area contributed by atoms with E-state index in [2.05, 4.69) is 20.6 Å². The number of alkyl halides is 3. The van der Waals surface area contributed by atoms with Gasteiger partial charge in [0.2, 0.25) is 0 Å². The van der Waals surface area contributed by atoms with Crippen molar-refractivity contribution in [1.82, 2.24) is 20.6 Å². The van der Waals surface area contributed by atoms with Crippen LogP contribution >= 0.6 is 0 Å². The van der Waals surface area contributed by atoms with Crippen LogP contribution in [0.5, 0.6) is 5.75 Å². The number of aromatic nitrogens is 2. The number of aromatic amines is 1. The third kappa shape index (κ3) is 5.93. The topological polar surface area (TPSA) is 105 Å². The lowest BCUT2D eigenvalue weighted by atomic mass is 9.92. The highest BCUT2D eigenvalue weighted by molar-refractivity contribution is 5.95. The molecule has 2 heterocycles. The van der Waals surface area contributed by atoms with Crippen molar-refractivity contribution in [3.8, 4) is 5.75 Å². The number of rotatable bonds is 8. The van der Waals surface area contributed by atoms with Crippen LogP contribution < -0.4 is 15.4 Å². The number of allylic oxidation sites excluding steroid dienone is 1. The van der Waals surface area contributed by atoms with Crippen molar-refractivity contribution < 1.29 is 32.2 Å². The van der Waals surface area contributed by atoms with Crippen LogP contribution in [0, 0.1) is 0 Å². The average Bonchev–Trinajstić information content (AvgIpc) is 3.42. The van der Waals surface area contributed by atoms with Gasteiger partial charge in [-0.2, -0.15) is 13.2 Å². The van der Waals surface area contributed by atoms with E-state index in [4.69, 9.17) is 9.47 Å². The number of benzene rings is 3. The summed E-state index contributed by atoms with van der Waals surface area (Å²) in [4.78, 5) is 33.5. The van der Waals surface area contributed by atoms with Gasteiger partial charge in [-0.3, -0.25) is 0 Å². The van der Waals surface area contributed by atoms with Crippen molar-refractivity contribution in [3.63, 3.8) is 0 Å². The molecule has 4 aromatic rings. The number of methoxy groups -OCH3 is 1. The number of hydrogen-bond donors (Lipinski definition) is 3. The molecule has 1 aliphatic rings. The predicted molar refractivity (Wildman–Crippen MR) is 140 cm³/mol. The van der Waals surface area contributed by atoms with Gasteiger partial charge in [0.05, 0.1) is 41.6 Å². The summed E-state index contributed by atoms with van der Waals surface area (Å²) in [5, 5.41) is 5.51. The summed E-state index contributed by atoms with van der Waals surface area (Å²) in [5.74, 6) is -0.0931. The number of H-pyrrole nitrogens is 1. The number of esters is 1. The van der Waals surface area contributed by atoms with Gasteiger partial charge in [0.25, 0.3) is 0 Å². The molecule has 11 heteroatoms. The van der Waals surface area contributed by atoms with E-state index in [0.29, 0.717) is 28.9 Å². The zero-order valence-electron chi connectivity index (χ0n) is 21.3. The van der Waals surface area contributed by atoms with Crippen molar-refractivity contribution in [3.05, 3.63) is 107 Å². The number of imidazole rings is 1. The van der Waals surface area contributed by atoms with Gasteiger partial charge in [-0.1, -0.05) is 30.3 Å². The highest BCUT2D eigenvalue weighted by Gasteiger charge is 2.34. The maximum Gasteiger partial charge on any atom is 0.416 e. The second-order valence-electron chi connectivity index (χ2n) is 9.23. The van der Waals surface area contributed by atoms with E-state index in [9.17, 15) is 22.8 Å². The molecule has 0 radical (unpaired) electrons. The number of nitrogens with one attached hydrogen (secondary N) is 3. The molecule has 0 aliphatic carbocycles. The highest BCUT2D eigenvalue weighted by Crippen LogP contribution is 2.32. The number of nitrogens with zero attached hydrogens (tertiary/aromatic N) is 1. The van der Waals surface area contributed by atoms with Crippen LogP contribution in [0.25, 0.3) is 11.0 Å². The fourth-order valence-corrected chi connectivity index (χ4v) is 4.60. The predicted octanol–water partition coefficient (Wildman–Crippen LogP) is 5.57. The first kappa shape index (κ1) is 26.8. The summed E-state index contributed by atoms with van der Waals surface area (Å²) in [6.45, 7) is -0.380. The molecular weight excluding hydrogens is 525 g/mol. The molecule has 0 spiro atoms. The molecule has 3 N–H and O–H groups in total. The van der Waals surface area contributed by atoms with Gasteiger partial charge in [-0.05, 0) is 65.9 Å². The number of aryl methyl sites for hydroxylation is 1. The number of carbonyl (C=O) groups excluding carboxylic acids is 2. The first-order valence-corrected chi connectivity index (χ1v) is 12.4. The SMILES string of the molecule is COc1cccc(CCC2=C(C(=O)OCc3cccc(C(F)(F)F)c3)C(c3ccc4[nH]cnc4c3)NC(=O)N2)c1. The largest absolute Gasteiger partial charge is 0.497 e. The number of fused-ring (bicyclic) bond motifs is 1. The van der Waals surface area contributed by atoms with Crippen molar-refractivity contribution in [2.24, 2.45) is 0 Å². The van der Waals surface area contributed by atoms with Crippen LogP contribution in [0.2, 0.25) is 0 Å². The quantitative estimate of drug-likeness (QED) is 0.249. The van der Waals surface area contributed by atoms with Gasteiger partial charge >= 0.3 is 18.2 Å². The lowest BCUT2D eigenvalue weighted by Gasteiger charge is -2.29. The molecule has 206 valence electrons.